The minimum Gasteiger partial charge on any atom is -0.339 e. The van der Waals surface area contributed by atoms with Crippen molar-refractivity contribution in [1.29, 1.82) is 0 Å². The second-order valence-electron chi connectivity index (χ2n) is 5.12. The minimum absolute atomic E-state index is 0.242. The summed E-state index contributed by atoms with van der Waals surface area (Å²) in [4.78, 5) is 22.3. The molecule has 0 unspecified atom stereocenters. The molecule has 0 spiro atoms. The van der Waals surface area contributed by atoms with Crippen molar-refractivity contribution in [3.63, 3.8) is 0 Å². The van der Waals surface area contributed by atoms with Gasteiger partial charge in [0.1, 0.15) is 17.3 Å². The summed E-state index contributed by atoms with van der Waals surface area (Å²) in [6.07, 6.45) is 2.88. The fraction of sp³-hybridized carbons (Fsp3) is 0.0556. The number of carbonyl (C=O) groups excluding carboxylic acids is 1. The van der Waals surface area contributed by atoms with Crippen LogP contribution in [0.3, 0.4) is 0 Å². The second-order valence-corrected chi connectivity index (χ2v) is 5.12. The normalized spacial score (nSPS) is 10.2. The van der Waals surface area contributed by atoms with Gasteiger partial charge in [0.25, 0.3) is 5.91 Å². The van der Waals surface area contributed by atoms with Crippen LogP contribution >= 0.6 is 0 Å². The Hall–Kier alpha value is -3.28. The van der Waals surface area contributed by atoms with Crippen LogP contribution in [-0.2, 0) is 0 Å². The number of nitrogens with one attached hydrogen (secondary N) is 1. The summed E-state index contributed by atoms with van der Waals surface area (Å²) in [6.45, 7) is 0. The Morgan fingerprint density at radius 1 is 1.00 bits per heavy atom. The number of anilines is 3. The molecule has 0 aliphatic heterocycles. The molecule has 3 aromatic rings. The zero-order valence-corrected chi connectivity index (χ0v) is 13.0. The molecule has 1 N–H and O–H groups in total. The summed E-state index contributed by atoms with van der Waals surface area (Å²) < 4.78 is 12.9. The van der Waals surface area contributed by atoms with E-state index in [1.165, 1.54) is 29.4 Å². The molecule has 0 radical (unpaired) electrons. The van der Waals surface area contributed by atoms with Crippen LogP contribution in [0.5, 0.6) is 0 Å². The maximum absolute atomic E-state index is 12.9. The van der Waals surface area contributed by atoms with Gasteiger partial charge in [-0.3, -0.25) is 4.79 Å². The molecule has 6 heteroatoms. The number of para-hydroxylation sites is 1. The standard InChI is InChI=1S/C18H15FN4O/c1-23(15-5-3-2-4-6-15)18(24)16-11-21-17(12-20-16)22-14-9-7-13(19)8-10-14/h2-12H,1H3,(H,21,22). The van der Waals surface area contributed by atoms with Crippen LogP contribution in [-0.4, -0.2) is 22.9 Å². The van der Waals surface area contributed by atoms with Gasteiger partial charge in [-0.1, -0.05) is 18.2 Å². The largest absolute Gasteiger partial charge is 0.339 e. The molecule has 0 atom stereocenters. The van der Waals surface area contributed by atoms with Crippen LogP contribution in [0.2, 0.25) is 0 Å². The molecule has 120 valence electrons. The number of hydrogen-bond acceptors (Lipinski definition) is 4. The lowest BCUT2D eigenvalue weighted by molar-refractivity contribution is 0.0988. The number of amides is 1. The van der Waals surface area contributed by atoms with Gasteiger partial charge in [-0.2, -0.15) is 0 Å². The van der Waals surface area contributed by atoms with Crippen LogP contribution < -0.4 is 10.2 Å². The zero-order chi connectivity index (χ0) is 16.9. The average Bonchev–Trinajstić information content (AvgIpc) is 2.64. The van der Waals surface area contributed by atoms with E-state index in [2.05, 4.69) is 15.3 Å². The Kier molecular flexibility index (Phi) is 4.47. The Balaban J connectivity index is 1.72. The lowest BCUT2D eigenvalue weighted by atomic mass is 10.3. The van der Waals surface area contributed by atoms with Gasteiger partial charge in [0.15, 0.2) is 0 Å². The number of benzene rings is 2. The summed E-state index contributed by atoms with van der Waals surface area (Å²) in [5.41, 5.74) is 1.70. The van der Waals surface area contributed by atoms with E-state index in [1.807, 2.05) is 30.3 Å². The van der Waals surface area contributed by atoms with Crippen molar-refractivity contribution in [1.82, 2.24) is 9.97 Å². The highest BCUT2D eigenvalue weighted by Crippen LogP contribution is 2.16. The predicted octanol–water partition coefficient (Wildman–Crippen LogP) is 3.64. The highest BCUT2D eigenvalue weighted by molar-refractivity contribution is 6.04. The van der Waals surface area contributed by atoms with Gasteiger partial charge in [-0.25, -0.2) is 14.4 Å². The fourth-order valence-electron chi connectivity index (χ4n) is 2.12. The summed E-state index contributed by atoms with van der Waals surface area (Å²) in [7, 11) is 1.68. The maximum atomic E-state index is 12.9. The first-order chi connectivity index (χ1) is 11.6. The van der Waals surface area contributed by atoms with Crippen LogP contribution in [0.1, 0.15) is 10.5 Å². The lowest BCUT2D eigenvalue weighted by Gasteiger charge is -2.16. The van der Waals surface area contributed by atoms with E-state index in [0.717, 1.165) is 5.69 Å². The summed E-state index contributed by atoms with van der Waals surface area (Å²) >= 11 is 0. The van der Waals surface area contributed by atoms with Gasteiger partial charge in [0.05, 0.1) is 12.4 Å². The molecule has 0 aliphatic carbocycles. The smallest absolute Gasteiger partial charge is 0.278 e. The average molecular weight is 322 g/mol. The Labute approximate surface area is 138 Å². The molecule has 3 rings (SSSR count). The summed E-state index contributed by atoms with van der Waals surface area (Å²) in [6, 6.07) is 15.2. The van der Waals surface area contributed by atoms with Gasteiger partial charge in [0, 0.05) is 18.4 Å². The van der Waals surface area contributed by atoms with Crippen LogP contribution in [0, 0.1) is 5.82 Å². The van der Waals surface area contributed by atoms with Crippen molar-refractivity contribution in [2.75, 3.05) is 17.3 Å². The van der Waals surface area contributed by atoms with E-state index < -0.39 is 0 Å². The molecule has 0 bridgehead atoms. The molecule has 0 saturated heterocycles. The van der Waals surface area contributed by atoms with Gasteiger partial charge < -0.3 is 10.2 Å². The van der Waals surface area contributed by atoms with E-state index in [0.29, 0.717) is 11.5 Å². The number of carbonyl (C=O) groups is 1. The number of halogens is 1. The molecule has 24 heavy (non-hydrogen) atoms. The minimum atomic E-state index is -0.309. The molecule has 2 aromatic carbocycles. The van der Waals surface area contributed by atoms with E-state index in [1.54, 1.807) is 19.2 Å². The molecule has 0 saturated carbocycles. The molecule has 0 aliphatic rings. The lowest BCUT2D eigenvalue weighted by Crippen LogP contribution is -2.27. The van der Waals surface area contributed by atoms with Crippen molar-refractivity contribution >= 4 is 23.1 Å². The molecular weight excluding hydrogens is 307 g/mol. The predicted molar refractivity (Wildman–Crippen MR) is 90.9 cm³/mol. The first-order valence-corrected chi connectivity index (χ1v) is 7.31. The zero-order valence-electron chi connectivity index (χ0n) is 13.0. The van der Waals surface area contributed by atoms with Crippen LogP contribution in [0.25, 0.3) is 0 Å². The van der Waals surface area contributed by atoms with Crippen molar-refractivity contribution in [2.45, 2.75) is 0 Å². The summed E-state index contributed by atoms with van der Waals surface area (Å²) in [5.74, 6) is -0.0842. The third-order valence-electron chi connectivity index (χ3n) is 3.44. The second kappa shape index (κ2) is 6.87. The summed E-state index contributed by atoms with van der Waals surface area (Å²) in [5, 5.41) is 2.99. The quantitative estimate of drug-likeness (QED) is 0.797. The van der Waals surface area contributed by atoms with Gasteiger partial charge in [-0.05, 0) is 36.4 Å². The number of aromatic nitrogens is 2. The molecule has 1 amide bonds. The molecule has 0 fully saturated rings. The van der Waals surface area contributed by atoms with Gasteiger partial charge >= 0.3 is 0 Å². The van der Waals surface area contributed by atoms with E-state index >= 15 is 0 Å². The topological polar surface area (TPSA) is 58.1 Å². The van der Waals surface area contributed by atoms with Crippen LogP contribution in [0.15, 0.2) is 67.0 Å². The van der Waals surface area contributed by atoms with Crippen molar-refractivity contribution in [2.24, 2.45) is 0 Å². The Bertz CT molecular complexity index is 820. The molecule has 5 nitrogen and oxygen atoms in total. The third kappa shape index (κ3) is 3.55. The van der Waals surface area contributed by atoms with Crippen molar-refractivity contribution in [3.05, 3.63) is 78.5 Å². The Morgan fingerprint density at radius 3 is 2.33 bits per heavy atom. The fourth-order valence-corrected chi connectivity index (χ4v) is 2.12. The van der Waals surface area contributed by atoms with Crippen LogP contribution in [0.4, 0.5) is 21.6 Å². The third-order valence-corrected chi connectivity index (χ3v) is 3.44. The first kappa shape index (κ1) is 15.6. The maximum Gasteiger partial charge on any atom is 0.278 e. The number of rotatable bonds is 4. The van der Waals surface area contributed by atoms with E-state index in [4.69, 9.17) is 0 Å². The van der Waals surface area contributed by atoms with Gasteiger partial charge in [0.2, 0.25) is 0 Å². The van der Waals surface area contributed by atoms with E-state index in [-0.39, 0.29) is 17.4 Å². The molecular formula is C18H15FN4O. The molecule has 1 aromatic heterocycles. The highest BCUT2D eigenvalue weighted by Gasteiger charge is 2.15. The Morgan fingerprint density at radius 2 is 1.71 bits per heavy atom. The number of nitrogens with zero attached hydrogens (tertiary/aromatic N) is 3. The van der Waals surface area contributed by atoms with E-state index in [9.17, 15) is 9.18 Å². The van der Waals surface area contributed by atoms with Crippen molar-refractivity contribution in [3.8, 4) is 0 Å². The van der Waals surface area contributed by atoms with Gasteiger partial charge in [-0.15, -0.1) is 0 Å². The first-order valence-electron chi connectivity index (χ1n) is 7.31. The van der Waals surface area contributed by atoms with Crippen molar-refractivity contribution < 1.29 is 9.18 Å². The monoisotopic (exact) mass is 322 g/mol. The highest BCUT2D eigenvalue weighted by atomic mass is 19.1. The SMILES string of the molecule is CN(C(=O)c1cnc(Nc2ccc(F)cc2)cn1)c1ccccc1. The molecule has 1 heterocycles. The number of hydrogen-bond donors (Lipinski definition) is 1.